The standard InChI is InChI=1S/C36H68N2O3/c1-5-9-13-17-21-29-37(30-22-18-14-10-6-2)33-40-36(41-35-27-25-34(39)26-28-35)38(31-23-19-15-11-7-3)32-24-20-16-12-8-4/h25-28,36,39H,5-24,29-33H2,1-4H3. The maximum atomic E-state index is 9.82. The Balaban J connectivity index is 2.92. The summed E-state index contributed by atoms with van der Waals surface area (Å²) >= 11 is 0. The molecule has 1 rings (SSSR count). The fourth-order valence-corrected chi connectivity index (χ4v) is 5.30. The first-order valence-corrected chi connectivity index (χ1v) is 17.7. The fraction of sp³-hybridized carbons (Fsp3) is 0.833. The van der Waals surface area contributed by atoms with Gasteiger partial charge in [-0.25, -0.2) is 4.90 Å². The smallest absolute Gasteiger partial charge is 0.263 e. The Morgan fingerprint density at radius 2 is 0.927 bits per heavy atom. The van der Waals surface area contributed by atoms with Crippen LogP contribution in [0.3, 0.4) is 0 Å². The first-order valence-electron chi connectivity index (χ1n) is 17.7. The minimum absolute atomic E-state index is 0.260. The summed E-state index contributed by atoms with van der Waals surface area (Å²) < 4.78 is 13.2. The van der Waals surface area contributed by atoms with Gasteiger partial charge in [0.1, 0.15) is 18.2 Å². The highest BCUT2D eigenvalue weighted by molar-refractivity contribution is 5.30. The van der Waals surface area contributed by atoms with Gasteiger partial charge in [0.05, 0.1) is 0 Å². The monoisotopic (exact) mass is 577 g/mol. The van der Waals surface area contributed by atoms with E-state index in [1.54, 1.807) is 12.1 Å². The van der Waals surface area contributed by atoms with Crippen LogP contribution in [-0.4, -0.2) is 54.2 Å². The number of benzene rings is 1. The zero-order chi connectivity index (χ0) is 29.8. The Kier molecular flexibility index (Phi) is 25.3. The van der Waals surface area contributed by atoms with Gasteiger partial charge < -0.3 is 14.6 Å². The van der Waals surface area contributed by atoms with Crippen LogP contribution in [0.5, 0.6) is 11.5 Å². The van der Waals surface area contributed by atoms with Crippen LogP contribution >= 0.6 is 0 Å². The number of hydrogen-bond acceptors (Lipinski definition) is 5. The molecule has 0 amide bonds. The largest absolute Gasteiger partial charge is 0.508 e. The van der Waals surface area contributed by atoms with Crippen LogP contribution in [0.1, 0.15) is 156 Å². The van der Waals surface area contributed by atoms with Gasteiger partial charge in [-0.05, 0) is 49.9 Å². The summed E-state index contributed by atoms with van der Waals surface area (Å²) in [5.74, 6) is 1.01. The Morgan fingerprint density at radius 3 is 1.34 bits per heavy atom. The molecule has 41 heavy (non-hydrogen) atoms. The first-order chi connectivity index (χ1) is 20.1. The van der Waals surface area contributed by atoms with Crippen LogP contribution in [0.4, 0.5) is 0 Å². The molecule has 0 saturated heterocycles. The Bertz CT molecular complexity index is 641. The van der Waals surface area contributed by atoms with Crippen molar-refractivity contribution >= 4 is 0 Å². The van der Waals surface area contributed by atoms with Gasteiger partial charge >= 0.3 is 0 Å². The van der Waals surface area contributed by atoms with Crippen LogP contribution in [0.2, 0.25) is 0 Å². The molecule has 5 heteroatoms. The first kappa shape index (κ1) is 37.7. The highest BCUT2D eigenvalue weighted by Gasteiger charge is 2.22. The molecule has 0 heterocycles. The predicted molar refractivity (Wildman–Crippen MR) is 177 cm³/mol. The van der Waals surface area contributed by atoms with Gasteiger partial charge in [0.25, 0.3) is 6.41 Å². The average Bonchev–Trinajstić information content (AvgIpc) is 2.98. The molecule has 0 spiro atoms. The van der Waals surface area contributed by atoms with Gasteiger partial charge in [-0.3, -0.25) is 4.90 Å². The van der Waals surface area contributed by atoms with E-state index in [4.69, 9.17) is 9.47 Å². The van der Waals surface area contributed by atoms with E-state index < -0.39 is 6.41 Å². The van der Waals surface area contributed by atoms with Gasteiger partial charge in [-0.15, -0.1) is 0 Å². The molecule has 0 aliphatic heterocycles. The highest BCUT2D eigenvalue weighted by atomic mass is 16.7. The van der Waals surface area contributed by atoms with Crippen molar-refractivity contribution in [2.24, 2.45) is 0 Å². The lowest BCUT2D eigenvalue weighted by Crippen LogP contribution is -2.45. The van der Waals surface area contributed by atoms with Crippen molar-refractivity contribution < 1.29 is 14.6 Å². The van der Waals surface area contributed by atoms with Crippen molar-refractivity contribution in [3.8, 4) is 11.5 Å². The third kappa shape index (κ3) is 21.1. The second-order valence-corrected chi connectivity index (χ2v) is 12.0. The van der Waals surface area contributed by atoms with E-state index in [-0.39, 0.29) is 5.75 Å². The minimum atomic E-state index is -0.417. The van der Waals surface area contributed by atoms with Crippen molar-refractivity contribution in [3.63, 3.8) is 0 Å². The Hall–Kier alpha value is -1.30. The number of aromatic hydroxyl groups is 1. The van der Waals surface area contributed by atoms with Crippen LogP contribution in [-0.2, 0) is 4.74 Å². The minimum Gasteiger partial charge on any atom is -0.508 e. The van der Waals surface area contributed by atoms with Gasteiger partial charge in [-0.1, -0.05) is 130 Å². The van der Waals surface area contributed by atoms with Gasteiger partial charge in [0, 0.05) is 26.2 Å². The number of ether oxygens (including phenoxy) is 2. The SMILES string of the molecule is CCCCCCCN(CCCCCCC)COC(Oc1ccc(O)cc1)N(CCCCCCC)CCCCCCC. The van der Waals surface area contributed by atoms with Crippen molar-refractivity contribution in [2.75, 3.05) is 32.9 Å². The van der Waals surface area contributed by atoms with Crippen molar-refractivity contribution in [1.82, 2.24) is 9.80 Å². The van der Waals surface area contributed by atoms with Gasteiger partial charge in [-0.2, -0.15) is 0 Å². The van der Waals surface area contributed by atoms with Crippen LogP contribution < -0.4 is 4.74 Å². The van der Waals surface area contributed by atoms with Crippen molar-refractivity contribution in [1.29, 1.82) is 0 Å². The Labute approximate surface area is 255 Å². The quantitative estimate of drug-likeness (QED) is 0.0729. The second kappa shape index (κ2) is 27.5. The summed E-state index contributed by atoms with van der Waals surface area (Å²) in [5, 5.41) is 9.82. The number of phenols is 1. The molecule has 0 bridgehead atoms. The predicted octanol–water partition coefficient (Wildman–Crippen LogP) is 10.5. The van der Waals surface area contributed by atoms with Crippen molar-refractivity contribution in [2.45, 2.75) is 163 Å². The van der Waals surface area contributed by atoms with Crippen LogP contribution in [0.15, 0.2) is 24.3 Å². The molecule has 240 valence electrons. The van der Waals surface area contributed by atoms with Gasteiger partial charge in [0.2, 0.25) is 0 Å². The van der Waals surface area contributed by atoms with E-state index in [2.05, 4.69) is 37.5 Å². The number of rotatable bonds is 30. The molecule has 0 radical (unpaired) electrons. The lowest BCUT2D eigenvalue weighted by molar-refractivity contribution is -0.198. The van der Waals surface area contributed by atoms with E-state index in [9.17, 15) is 5.11 Å². The number of nitrogens with zero attached hydrogens (tertiary/aromatic N) is 2. The normalized spacial score (nSPS) is 12.4. The van der Waals surface area contributed by atoms with E-state index in [0.717, 1.165) is 31.9 Å². The number of unbranched alkanes of at least 4 members (excludes halogenated alkanes) is 16. The molecule has 0 aliphatic rings. The van der Waals surface area contributed by atoms with E-state index in [1.165, 1.54) is 128 Å². The Morgan fingerprint density at radius 1 is 0.537 bits per heavy atom. The third-order valence-corrected chi connectivity index (χ3v) is 8.03. The molecule has 0 fully saturated rings. The second-order valence-electron chi connectivity index (χ2n) is 12.0. The lowest BCUT2D eigenvalue weighted by atomic mass is 10.1. The average molecular weight is 577 g/mol. The van der Waals surface area contributed by atoms with Crippen molar-refractivity contribution in [3.05, 3.63) is 24.3 Å². The molecule has 1 atom stereocenters. The maximum Gasteiger partial charge on any atom is 0.263 e. The molecule has 1 aromatic rings. The molecule has 1 aromatic carbocycles. The summed E-state index contributed by atoms with van der Waals surface area (Å²) in [4.78, 5) is 4.96. The topological polar surface area (TPSA) is 45.2 Å². The molecule has 1 N–H and O–H groups in total. The highest BCUT2D eigenvalue weighted by Crippen LogP contribution is 2.21. The summed E-state index contributed by atoms with van der Waals surface area (Å²) in [5.41, 5.74) is 0. The molecule has 0 saturated carbocycles. The molecular formula is C36H68N2O3. The molecule has 5 nitrogen and oxygen atoms in total. The van der Waals surface area contributed by atoms with Gasteiger partial charge in [0.15, 0.2) is 0 Å². The molecule has 0 aliphatic carbocycles. The summed E-state index contributed by atoms with van der Waals surface area (Å²) in [7, 11) is 0. The molecular weight excluding hydrogens is 508 g/mol. The lowest BCUT2D eigenvalue weighted by Gasteiger charge is -2.33. The maximum absolute atomic E-state index is 9.82. The fourth-order valence-electron chi connectivity index (χ4n) is 5.30. The summed E-state index contributed by atoms with van der Waals surface area (Å²) in [6.07, 6.45) is 25.2. The summed E-state index contributed by atoms with van der Waals surface area (Å²) in [6.45, 7) is 13.9. The summed E-state index contributed by atoms with van der Waals surface area (Å²) in [6, 6.07) is 7.10. The third-order valence-electron chi connectivity index (χ3n) is 8.03. The molecule has 0 aromatic heterocycles. The van der Waals surface area contributed by atoms with E-state index in [1.807, 2.05) is 12.1 Å². The van der Waals surface area contributed by atoms with E-state index in [0.29, 0.717) is 6.73 Å². The number of hydrogen-bond donors (Lipinski definition) is 1. The van der Waals surface area contributed by atoms with Crippen LogP contribution in [0.25, 0.3) is 0 Å². The zero-order valence-corrected chi connectivity index (χ0v) is 27.7. The number of phenolic OH excluding ortho intramolecular Hbond substituents is 1. The van der Waals surface area contributed by atoms with Crippen LogP contribution in [0, 0.1) is 0 Å². The zero-order valence-electron chi connectivity index (χ0n) is 27.7. The molecule has 1 unspecified atom stereocenters. The van der Waals surface area contributed by atoms with E-state index >= 15 is 0 Å².